The fourth-order valence-electron chi connectivity index (χ4n) is 3.78. The van der Waals surface area contributed by atoms with Gasteiger partial charge in [0.25, 0.3) is 0 Å². The minimum Gasteiger partial charge on any atom is -0.465 e. The summed E-state index contributed by atoms with van der Waals surface area (Å²) >= 11 is 6.02. The molecule has 1 fully saturated rings. The standard InChI is InChI=1S/C21H22ClF3N2O2/c1-26-10-3-6-17(26)9-11-27(20(28)29)19-8-7-15(21(23,24)25)13-18(19)14-4-2-5-16(22)12-14/h2,4-5,7-8,12-13,17H,3,6,9-11H2,1H3,(H,28,29). The largest absolute Gasteiger partial charge is 0.465 e. The summed E-state index contributed by atoms with van der Waals surface area (Å²) in [7, 11) is 2.00. The lowest BCUT2D eigenvalue weighted by atomic mass is 9.99. The van der Waals surface area contributed by atoms with E-state index >= 15 is 0 Å². The molecule has 1 N–H and O–H groups in total. The van der Waals surface area contributed by atoms with Crippen LogP contribution >= 0.6 is 11.6 Å². The zero-order chi connectivity index (χ0) is 21.2. The van der Waals surface area contributed by atoms with E-state index in [1.165, 1.54) is 12.1 Å². The van der Waals surface area contributed by atoms with Gasteiger partial charge >= 0.3 is 12.3 Å². The smallest absolute Gasteiger partial charge is 0.416 e. The van der Waals surface area contributed by atoms with E-state index in [9.17, 15) is 23.1 Å². The predicted molar refractivity (Wildman–Crippen MR) is 108 cm³/mol. The van der Waals surface area contributed by atoms with Gasteiger partial charge in [0.15, 0.2) is 0 Å². The number of hydrogen-bond donors (Lipinski definition) is 1. The molecule has 1 heterocycles. The number of alkyl halides is 3. The molecule has 2 aromatic rings. The highest BCUT2D eigenvalue weighted by atomic mass is 35.5. The van der Waals surface area contributed by atoms with Gasteiger partial charge in [-0.1, -0.05) is 23.7 Å². The number of halogens is 4. The van der Waals surface area contributed by atoms with Crippen molar-refractivity contribution >= 4 is 23.4 Å². The first-order valence-electron chi connectivity index (χ1n) is 9.34. The second kappa shape index (κ2) is 8.63. The first kappa shape index (κ1) is 21.5. The Morgan fingerprint density at radius 3 is 2.62 bits per heavy atom. The summed E-state index contributed by atoms with van der Waals surface area (Å²) in [5.74, 6) is 0. The minimum absolute atomic E-state index is 0.185. The van der Waals surface area contributed by atoms with Crippen molar-refractivity contribution in [1.82, 2.24) is 4.90 Å². The van der Waals surface area contributed by atoms with Gasteiger partial charge in [0.05, 0.1) is 11.3 Å². The Labute approximate surface area is 172 Å². The molecule has 2 aromatic carbocycles. The summed E-state index contributed by atoms with van der Waals surface area (Å²) in [4.78, 5) is 15.3. The molecule has 0 spiro atoms. The molecule has 1 unspecified atom stereocenters. The molecule has 1 amide bonds. The molecule has 4 nitrogen and oxygen atoms in total. The second-order valence-electron chi connectivity index (χ2n) is 7.24. The Hall–Kier alpha value is -2.25. The van der Waals surface area contributed by atoms with Crippen LogP contribution in [-0.4, -0.2) is 42.3 Å². The number of hydrogen-bond acceptors (Lipinski definition) is 2. The number of anilines is 1. The van der Waals surface area contributed by atoms with Crippen molar-refractivity contribution in [3.63, 3.8) is 0 Å². The Balaban J connectivity index is 2.01. The Morgan fingerprint density at radius 1 is 1.28 bits per heavy atom. The fraction of sp³-hybridized carbons (Fsp3) is 0.381. The number of benzene rings is 2. The summed E-state index contributed by atoms with van der Waals surface area (Å²) in [6.07, 6.45) is -3.08. The lowest BCUT2D eigenvalue weighted by Gasteiger charge is -2.26. The number of nitrogens with zero attached hydrogens (tertiary/aromatic N) is 2. The van der Waals surface area contributed by atoms with E-state index in [4.69, 9.17) is 11.6 Å². The van der Waals surface area contributed by atoms with E-state index in [-0.39, 0.29) is 23.8 Å². The van der Waals surface area contributed by atoms with Gasteiger partial charge in [-0.25, -0.2) is 4.79 Å². The summed E-state index contributed by atoms with van der Waals surface area (Å²) in [6.45, 7) is 1.16. The van der Waals surface area contributed by atoms with E-state index in [0.717, 1.165) is 36.4 Å². The number of amides is 1. The lowest BCUT2D eigenvalue weighted by Crippen LogP contribution is -2.35. The number of rotatable bonds is 5. The van der Waals surface area contributed by atoms with Gasteiger partial charge in [-0.15, -0.1) is 0 Å². The minimum atomic E-state index is -4.54. The lowest BCUT2D eigenvalue weighted by molar-refractivity contribution is -0.137. The van der Waals surface area contributed by atoms with Gasteiger partial charge in [-0.2, -0.15) is 13.2 Å². The summed E-state index contributed by atoms with van der Waals surface area (Å²) < 4.78 is 39.9. The van der Waals surface area contributed by atoms with Crippen molar-refractivity contribution in [2.24, 2.45) is 0 Å². The fourth-order valence-corrected chi connectivity index (χ4v) is 3.97. The SMILES string of the molecule is CN1CCCC1CCN(C(=O)O)c1ccc(C(F)(F)F)cc1-c1cccc(Cl)c1. The molecule has 0 radical (unpaired) electrons. The van der Waals surface area contributed by atoms with Crippen LogP contribution in [0.2, 0.25) is 5.02 Å². The van der Waals surface area contributed by atoms with Crippen LogP contribution in [-0.2, 0) is 6.18 Å². The summed E-state index contributed by atoms with van der Waals surface area (Å²) in [6, 6.07) is 9.79. The van der Waals surface area contributed by atoms with Crippen molar-refractivity contribution in [3.05, 3.63) is 53.1 Å². The van der Waals surface area contributed by atoms with E-state index in [1.54, 1.807) is 18.2 Å². The third-order valence-corrected chi connectivity index (χ3v) is 5.57. The van der Waals surface area contributed by atoms with Crippen LogP contribution in [0.5, 0.6) is 0 Å². The normalized spacial score (nSPS) is 17.5. The first-order valence-corrected chi connectivity index (χ1v) is 9.72. The molecular weight excluding hydrogens is 405 g/mol. The van der Waals surface area contributed by atoms with Crippen molar-refractivity contribution < 1.29 is 23.1 Å². The van der Waals surface area contributed by atoms with Gasteiger partial charge in [0.1, 0.15) is 0 Å². The zero-order valence-corrected chi connectivity index (χ0v) is 16.7. The summed E-state index contributed by atoms with van der Waals surface area (Å²) in [5.41, 5.74) is -0.00200. The molecule has 156 valence electrons. The molecule has 1 aliphatic rings. The molecule has 0 saturated carbocycles. The molecule has 1 aliphatic heterocycles. The first-order chi connectivity index (χ1) is 13.7. The maximum absolute atomic E-state index is 13.3. The molecule has 0 aromatic heterocycles. The van der Waals surface area contributed by atoms with Gasteiger partial charge in [-0.05, 0) is 68.8 Å². The summed E-state index contributed by atoms with van der Waals surface area (Å²) in [5, 5.41) is 10.1. The Bertz CT molecular complexity index is 888. The van der Waals surface area contributed by atoms with E-state index in [0.29, 0.717) is 17.0 Å². The highest BCUT2D eigenvalue weighted by Crippen LogP contribution is 2.38. The third kappa shape index (κ3) is 5.03. The van der Waals surface area contributed by atoms with E-state index in [2.05, 4.69) is 4.90 Å². The van der Waals surface area contributed by atoms with Gasteiger partial charge in [-0.3, -0.25) is 4.90 Å². The number of likely N-dealkylation sites (tertiary alicyclic amines) is 1. The van der Waals surface area contributed by atoms with Crippen LogP contribution in [0.15, 0.2) is 42.5 Å². The molecule has 29 heavy (non-hydrogen) atoms. The van der Waals surface area contributed by atoms with Gasteiger partial charge in [0, 0.05) is 23.2 Å². The maximum atomic E-state index is 13.3. The Morgan fingerprint density at radius 2 is 2.03 bits per heavy atom. The van der Waals surface area contributed by atoms with Crippen molar-refractivity contribution in [3.8, 4) is 11.1 Å². The van der Waals surface area contributed by atoms with E-state index < -0.39 is 17.8 Å². The highest BCUT2D eigenvalue weighted by molar-refractivity contribution is 6.30. The van der Waals surface area contributed by atoms with Crippen LogP contribution in [0.3, 0.4) is 0 Å². The van der Waals surface area contributed by atoms with Crippen LogP contribution in [0, 0.1) is 0 Å². The molecule has 1 saturated heterocycles. The van der Waals surface area contributed by atoms with E-state index in [1.807, 2.05) is 7.05 Å². The molecular formula is C21H22ClF3N2O2. The Kier molecular flexibility index (Phi) is 6.39. The maximum Gasteiger partial charge on any atom is 0.416 e. The second-order valence-corrected chi connectivity index (χ2v) is 7.68. The quantitative estimate of drug-likeness (QED) is 0.638. The molecule has 1 atom stereocenters. The molecule has 3 rings (SSSR count). The predicted octanol–water partition coefficient (Wildman–Crippen LogP) is 5.99. The molecule has 8 heteroatoms. The van der Waals surface area contributed by atoms with Crippen LogP contribution in [0.1, 0.15) is 24.8 Å². The third-order valence-electron chi connectivity index (χ3n) is 5.34. The van der Waals surface area contributed by atoms with Gasteiger partial charge < -0.3 is 10.0 Å². The topological polar surface area (TPSA) is 43.8 Å². The van der Waals surface area contributed by atoms with Crippen LogP contribution < -0.4 is 4.90 Å². The van der Waals surface area contributed by atoms with Crippen molar-refractivity contribution in [2.45, 2.75) is 31.5 Å². The molecule has 0 bridgehead atoms. The van der Waals surface area contributed by atoms with Crippen LogP contribution in [0.25, 0.3) is 11.1 Å². The number of carboxylic acid groups (broad SMARTS) is 1. The number of carbonyl (C=O) groups is 1. The monoisotopic (exact) mass is 426 g/mol. The van der Waals surface area contributed by atoms with Crippen molar-refractivity contribution in [2.75, 3.05) is 25.0 Å². The molecule has 0 aliphatic carbocycles. The average molecular weight is 427 g/mol. The zero-order valence-electron chi connectivity index (χ0n) is 15.9. The average Bonchev–Trinajstić information content (AvgIpc) is 3.06. The van der Waals surface area contributed by atoms with Crippen molar-refractivity contribution in [1.29, 1.82) is 0 Å². The highest BCUT2D eigenvalue weighted by Gasteiger charge is 2.32. The van der Waals surface area contributed by atoms with Crippen LogP contribution in [0.4, 0.5) is 23.7 Å². The van der Waals surface area contributed by atoms with Gasteiger partial charge in [0.2, 0.25) is 0 Å².